The number of carbonyl (C=O) groups excluding carboxylic acids is 1. The minimum atomic E-state index is 0.325. The van der Waals surface area contributed by atoms with Crippen LogP contribution in [-0.4, -0.2) is 48.4 Å². The van der Waals surface area contributed by atoms with E-state index in [9.17, 15) is 4.79 Å². The molecule has 0 radical (unpaired) electrons. The van der Waals surface area contributed by atoms with Gasteiger partial charge in [-0.25, -0.2) is 0 Å². The summed E-state index contributed by atoms with van der Waals surface area (Å²) in [6, 6.07) is 0. The van der Waals surface area contributed by atoms with Crippen molar-refractivity contribution in [1.82, 2.24) is 9.80 Å². The Labute approximate surface area is 113 Å². The van der Waals surface area contributed by atoms with E-state index in [1.807, 2.05) is 4.90 Å². The zero-order valence-electron chi connectivity index (χ0n) is 12.6. The van der Waals surface area contributed by atoms with Crippen molar-refractivity contribution in [2.45, 2.75) is 47.0 Å². The molecule has 0 bridgehead atoms. The number of carbonyl (C=O) groups is 1. The van der Waals surface area contributed by atoms with Crippen molar-refractivity contribution in [3.63, 3.8) is 0 Å². The van der Waals surface area contributed by atoms with Gasteiger partial charge in [0, 0.05) is 19.6 Å². The first-order chi connectivity index (χ1) is 8.49. The Morgan fingerprint density at radius 3 is 2.22 bits per heavy atom. The van der Waals surface area contributed by atoms with Crippen LogP contribution in [0.25, 0.3) is 0 Å². The van der Waals surface area contributed by atoms with Crippen LogP contribution in [0, 0.1) is 11.8 Å². The summed E-state index contributed by atoms with van der Waals surface area (Å²) in [5, 5.41) is 0. The highest BCUT2D eigenvalue weighted by molar-refractivity contribution is 5.79. The van der Waals surface area contributed by atoms with Crippen molar-refractivity contribution < 1.29 is 4.79 Å². The summed E-state index contributed by atoms with van der Waals surface area (Å²) in [5.74, 6) is 1.78. The van der Waals surface area contributed by atoms with Crippen molar-refractivity contribution in [3.8, 4) is 0 Å². The molecule has 0 spiro atoms. The van der Waals surface area contributed by atoms with Crippen LogP contribution in [0.5, 0.6) is 0 Å². The summed E-state index contributed by atoms with van der Waals surface area (Å²) >= 11 is 0. The van der Waals surface area contributed by atoms with E-state index in [-0.39, 0.29) is 0 Å². The number of hydrogen-bond acceptors (Lipinski definition) is 2. The van der Waals surface area contributed by atoms with Crippen LogP contribution in [0.2, 0.25) is 0 Å². The van der Waals surface area contributed by atoms with E-state index in [1.54, 1.807) is 0 Å². The van der Waals surface area contributed by atoms with Crippen molar-refractivity contribution in [2.75, 3.05) is 32.7 Å². The molecule has 3 heteroatoms. The Balaban J connectivity index is 2.21. The lowest BCUT2D eigenvalue weighted by Gasteiger charge is -2.34. The van der Waals surface area contributed by atoms with E-state index in [1.165, 1.54) is 12.8 Å². The molecule has 0 atom stereocenters. The third-order valence-corrected chi connectivity index (χ3v) is 3.63. The zero-order valence-corrected chi connectivity index (χ0v) is 12.6. The van der Waals surface area contributed by atoms with Crippen LogP contribution >= 0.6 is 0 Å². The van der Waals surface area contributed by atoms with E-state index in [2.05, 4.69) is 32.6 Å². The van der Waals surface area contributed by atoms with Gasteiger partial charge in [-0.1, -0.05) is 27.7 Å². The predicted molar refractivity (Wildman–Crippen MR) is 76.5 cm³/mol. The molecule has 1 heterocycles. The normalized spacial score (nSPS) is 18.1. The van der Waals surface area contributed by atoms with E-state index in [0.717, 1.165) is 38.5 Å². The predicted octanol–water partition coefficient (Wildman–Crippen LogP) is 2.61. The highest BCUT2D eigenvalue weighted by Gasteiger charge is 2.23. The molecule has 0 unspecified atom stereocenters. The van der Waals surface area contributed by atoms with Crippen LogP contribution in [0.1, 0.15) is 47.0 Å². The first-order valence-electron chi connectivity index (χ1n) is 7.49. The van der Waals surface area contributed by atoms with Crippen molar-refractivity contribution >= 4 is 5.91 Å². The molecular weight excluding hydrogens is 224 g/mol. The maximum absolute atomic E-state index is 12.0. The lowest BCUT2D eigenvalue weighted by Crippen LogP contribution is -2.50. The van der Waals surface area contributed by atoms with Gasteiger partial charge in [0.2, 0.25) is 5.91 Å². The first kappa shape index (κ1) is 15.5. The second-order valence-corrected chi connectivity index (χ2v) is 6.38. The molecule has 0 aromatic heterocycles. The molecule has 1 fully saturated rings. The summed E-state index contributed by atoms with van der Waals surface area (Å²) in [7, 11) is 0. The Hall–Kier alpha value is -0.570. The van der Waals surface area contributed by atoms with Crippen molar-refractivity contribution in [1.29, 1.82) is 0 Å². The first-order valence-corrected chi connectivity index (χ1v) is 7.49. The Morgan fingerprint density at radius 1 is 1.00 bits per heavy atom. The van der Waals surface area contributed by atoms with E-state index in [4.69, 9.17) is 0 Å². The largest absolute Gasteiger partial charge is 0.340 e. The summed E-state index contributed by atoms with van der Waals surface area (Å²) in [6.45, 7) is 13.6. The van der Waals surface area contributed by atoms with Crippen LogP contribution in [-0.2, 0) is 4.79 Å². The zero-order chi connectivity index (χ0) is 13.5. The summed E-state index contributed by atoms with van der Waals surface area (Å²) < 4.78 is 0. The second kappa shape index (κ2) is 7.78. The van der Waals surface area contributed by atoms with Gasteiger partial charge in [0.25, 0.3) is 0 Å². The second-order valence-electron chi connectivity index (χ2n) is 6.38. The molecule has 0 N–H and O–H groups in total. The van der Waals surface area contributed by atoms with Gasteiger partial charge in [-0.05, 0) is 37.6 Å². The Kier molecular flexibility index (Phi) is 6.69. The SMILES string of the molecule is CC(C)CCCN1CCN(CCC(C)C)C(=O)C1. The van der Waals surface area contributed by atoms with Gasteiger partial charge in [-0.3, -0.25) is 9.69 Å². The molecule has 1 aliphatic rings. The fourth-order valence-electron chi connectivity index (χ4n) is 2.32. The molecule has 1 rings (SSSR count). The van der Waals surface area contributed by atoms with Crippen LogP contribution in [0.4, 0.5) is 0 Å². The minimum Gasteiger partial charge on any atom is -0.340 e. The van der Waals surface area contributed by atoms with Gasteiger partial charge in [-0.2, -0.15) is 0 Å². The van der Waals surface area contributed by atoms with Gasteiger partial charge in [0.1, 0.15) is 0 Å². The smallest absolute Gasteiger partial charge is 0.236 e. The van der Waals surface area contributed by atoms with Gasteiger partial charge in [-0.15, -0.1) is 0 Å². The fraction of sp³-hybridized carbons (Fsp3) is 0.933. The monoisotopic (exact) mass is 254 g/mol. The van der Waals surface area contributed by atoms with Crippen LogP contribution < -0.4 is 0 Å². The molecular formula is C15H30N2O. The minimum absolute atomic E-state index is 0.325. The summed E-state index contributed by atoms with van der Waals surface area (Å²) in [6.07, 6.45) is 3.61. The van der Waals surface area contributed by atoms with Gasteiger partial charge in [0.15, 0.2) is 0 Å². The van der Waals surface area contributed by atoms with Crippen LogP contribution in [0.15, 0.2) is 0 Å². The number of amides is 1. The topological polar surface area (TPSA) is 23.6 Å². The molecule has 0 aromatic rings. The van der Waals surface area contributed by atoms with Gasteiger partial charge < -0.3 is 4.90 Å². The molecule has 0 saturated carbocycles. The summed E-state index contributed by atoms with van der Waals surface area (Å²) in [5.41, 5.74) is 0. The third-order valence-electron chi connectivity index (χ3n) is 3.63. The van der Waals surface area contributed by atoms with E-state index in [0.29, 0.717) is 18.4 Å². The number of hydrogen-bond donors (Lipinski definition) is 0. The molecule has 106 valence electrons. The van der Waals surface area contributed by atoms with Gasteiger partial charge >= 0.3 is 0 Å². The molecule has 1 aliphatic heterocycles. The molecule has 0 aliphatic carbocycles. The van der Waals surface area contributed by atoms with Gasteiger partial charge in [0.05, 0.1) is 6.54 Å². The van der Waals surface area contributed by atoms with E-state index < -0.39 is 0 Å². The number of piperazine rings is 1. The fourth-order valence-corrected chi connectivity index (χ4v) is 2.32. The Bertz CT molecular complexity index is 251. The number of nitrogens with zero attached hydrogens (tertiary/aromatic N) is 2. The number of rotatable bonds is 7. The van der Waals surface area contributed by atoms with Crippen molar-refractivity contribution in [3.05, 3.63) is 0 Å². The van der Waals surface area contributed by atoms with E-state index >= 15 is 0 Å². The maximum Gasteiger partial charge on any atom is 0.236 e. The quantitative estimate of drug-likeness (QED) is 0.697. The lowest BCUT2D eigenvalue weighted by molar-refractivity contribution is -0.136. The third kappa shape index (κ3) is 5.85. The lowest BCUT2D eigenvalue weighted by atomic mass is 10.1. The van der Waals surface area contributed by atoms with Crippen molar-refractivity contribution in [2.24, 2.45) is 11.8 Å². The summed E-state index contributed by atoms with van der Waals surface area (Å²) in [4.78, 5) is 16.4. The highest BCUT2D eigenvalue weighted by Crippen LogP contribution is 2.10. The molecule has 0 aromatic carbocycles. The highest BCUT2D eigenvalue weighted by atomic mass is 16.2. The maximum atomic E-state index is 12.0. The average molecular weight is 254 g/mol. The molecule has 1 saturated heterocycles. The molecule has 3 nitrogen and oxygen atoms in total. The van der Waals surface area contributed by atoms with Crippen LogP contribution in [0.3, 0.4) is 0 Å². The average Bonchev–Trinajstić information content (AvgIpc) is 2.27. The molecule has 18 heavy (non-hydrogen) atoms. The standard InChI is InChI=1S/C15H30N2O/c1-13(2)6-5-8-16-10-11-17(15(18)12-16)9-7-14(3)4/h13-14H,5-12H2,1-4H3. The molecule has 1 amide bonds. The Morgan fingerprint density at radius 2 is 1.67 bits per heavy atom.